The zero-order chi connectivity index (χ0) is 10.7. The molecule has 1 unspecified atom stereocenters. The molecule has 88 valence electrons. The standard InChI is InChI=1S/C13H26N2/c1-13(8-9-14-10-13)11-15(2)12-6-4-3-5-7-12/h12,14H,3-11H2,1-2H3. The van der Waals surface area contributed by atoms with Crippen molar-refractivity contribution in [2.24, 2.45) is 5.41 Å². The zero-order valence-corrected chi connectivity index (χ0v) is 10.4. The third-order valence-electron chi connectivity index (χ3n) is 4.29. The highest BCUT2D eigenvalue weighted by Crippen LogP contribution is 2.29. The van der Waals surface area contributed by atoms with Crippen LogP contribution in [0.1, 0.15) is 45.4 Å². The lowest BCUT2D eigenvalue weighted by Gasteiger charge is -2.36. The molecule has 1 atom stereocenters. The van der Waals surface area contributed by atoms with E-state index in [1.54, 1.807) is 0 Å². The Bertz CT molecular complexity index is 191. The van der Waals surface area contributed by atoms with E-state index in [4.69, 9.17) is 0 Å². The van der Waals surface area contributed by atoms with Gasteiger partial charge in [-0.15, -0.1) is 0 Å². The summed E-state index contributed by atoms with van der Waals surface area (Å²) in [4.78, 5) is 2.63. The highest BCUT2D eigenvalue weighted by Gasteiger charge is 2.31. The summed E-state index contributed by atoms with van der Waals surface area (Å²) in [6, 6.07) is 0.871. The molecule has 1 aliphatic carbocycles. The van der Waals surface area contributed by atoms with E-state index in [1.165, 1.54) is 58.2 Å². The van der Waals surface area contributed by atoms with Crippen LogP contribution in [0.3, 0.4) is 0 Å². The van der Waals surface area contributed by atoms with E-state index in [-0.39, 0.29) is 0 Å². The van der Waals surface area contributed by atoms with Gasteiger partial charge in [-0.1, -0.05) is 26.2 Å². The fourth-order valence-corrected chi connectivity index (χ4v) is 3.26. The van der Waals surface area contributed by atoms with Crippen LogP contribution >= 0.6 is 0 Å². The van der Waals surface area contributed by atoms with Gasteiger partial charge in [-0.3, -0.25) is 0 Å². The maximum Gasteiger partial charge on any atom is 0.00924 e. The first-order valence-electron chi connectivity index (χ1n) is 6.61. The second-order valence-electron chi connectivity index (χ2n) is 5.94. The van der Waals surface area contributed by atoms with Crippen LogP contribution in [0.2, 0.25) is 0 Å². The lowest BCUT2D eigenvalue weighted by Crippen LogP contribution is -2.41. The summed E-state index contributed by atoms with van der Waals surface area (Å²) in [5.41, 5.74) is 0.534. The van der Waals surface area contributed by atoms with Gasteiger partial charge >= 0.3 is 0 Å². The summed E-state index contributed by atoms with van der Waals surface area (Å²) in [5, 5.41) is 3.49. The molecule has 0 aromatic heterocycles. The predicted molar refractivity (Wildman–Crippen MR) is 65.1 cm³/mol. The van der Waals surface area contributed by atoms with Gasteiger partial charge in [-0.2, -0.15) is 0 Å². The van der Waals surface area contributed by atoms with Crippen molar-refractivity contribution in [2.45, 2.75) is 51.5 Å². The minimum absolute atomic E-state index is 0.534. The molecule has 15 heavy (non-hydrogen) atoms. The molecule has 1 aliphatic heterocycles. The van der Waals surface area contributed by atoms with Gasteiger partial charge in [0.1, 0.15) is 0 Å². The van der Waals surface area contributed by atoms with Crippen LogP contribution in [0.25, 0.3) is 0 Å². The maximum atomic E-state index is 3.49. The number of hydrogen-bond acceptors (Lipinski definition) is 2. The van der Waals surface area contributed by atoms with Gasteiger partial charge in [0.25, 0.3) is 0 Å². The summed E-state index contributed by atoms with van der Waals surface area (Å²) < 4.78 is 0. The number of nitrogens with one attached hydrogen (secondary N) is 1. The largest absolute Gasteiger partial charge is 0.316 e. The first kappa shape index (κ1) is 11.4. The fraction of sp³-hybridized carbons (Fsp3) is 1.00. The van der Waals surface area contributed by atoms with Crippen molar-refractivity contribution in [3.8, 4) is 0 Å². The van der Waals surface area contributed by atoms with Crippen molar-refractivity contribution in [1.29, 1.82) is 0 Å². The monoisotopic (exact) mass is 210 g/mol. The molecule has 0 bridgehead atoms. The Morgan fingerprint density at radius 1 is 1.27 bits per heavy atom. The average molecular weight is 210 g/mol. The number of rotatable bonds is 3. The molecule has 0 spiro atoms. The summed E-state index contributed by atoms with van der Waals surface area (Å²) in [7, 11) is 2.33. The Kier molecular flexibility index (Phi) is 3.68. The minimum Gasteiger partial charge on any atom is -0.316 e. The molecule has 0 amide bonds. The molecule has 1 saturated heterocycles. The molecule has 2 nitrogen and oxygen atoms in total. The first-order chi connectivity index (χ1) is 7.20. The summed E-state index contributed by atoms with van der Waals surface area (Å²) in [5.74, 6) is 0. The molecule has 1 heterocycles. The molecule has 0 aromatic carbocycles. The van der Waals surface area contributed by atoms with Crippen molar-refractivity contribution in [3.63, 3.8) is 0 Å². The van der Waals surface area contributed by atoms with Crippen LogP contribution < -0.4 is 5.32 Å². The molecule has 2 aliphatic rings. The lowest BCUT2D eigenvalue weighted by atomic mass is 9.87. The topological polar surface area (TPSA) is 15.3 Å². The van der Waals surface area contributed by atoms with Gasteiger partial charge in [-0.05, 0) is 38.3 Å². The van der Waals surface area contributed by atoms with Crippen LogP contribution in [0.4, 0.5) is 0 Å². The van der Waals surface area contributed by atoms with Gasteiger partial charge < -0.3 is 10.2 Å². The van der Waals surface area contributed by atoms with Gasteiger partial charge in [0.2, 0.25) is 0 Å². The molecule has 0 radical (unpaired) electrons. The normalized spacial score (nSPS) is 33.8. The highest BCUT2D eigenvalue weighted by atomic mass is 15.1. The average Bonchev–Trinajstić information content (AvgIpc) is 2.66. The number of nitrogens with zero attached hydrogens (tertiary/aromatic N) is 1. The van der Waals surface area contributed by atoms with Crippen LogP contribution in [-0.2, 0) is 0 Å². The number of hydrogen-bond donors (Lipinski definition) is 1. The predicted octanol–water partition coefficient (Wildman–Crippen LogP) is 2.25. The quantitative estimate of drug-likeness (QED) is 0.768. The van der Waals surface area contributed by atoms with Crippen molar-refractivity contribution >= 4 is 0 Å². The molecule has 2 heteroatoms. The van der Waals surface area contributed by atoms with Crippen molar-refractivity contribution in [2.75, 3.05) is 26.7 Å². The van der Waals surface area contributed by atoms with E-state index in [0.29, 0.717) is 5.41 Å². The maximum absolute atomic E-state index is 3.49. The Hall–Kier alpha value is -0.0800. The molecule has 1 N–H and O–H groups in total. The van der Waals surface area contributed by atoms with Gasteiger partial charge in [0.15, 0.2) is 0 Å². The summed E-state index contributed by atoms with van der Waals surface area (Å²) in [6.45, 7) is 6.15. The third kappa shape index (κ3) is 2.94. The second-order valence-corrected chi connectivity index (χ2v) is 5.94. The molecular weight excluding hydrogens is 184 g/mol. The Morgan fingerprint density at radius 3 is 2.60 bits per heavy atom. The Balaban J connectivity index is 1.82. The van der Waals surface area contributed by atoms with E-state index in [0.717, 1.165) is 6.04 Å². The van der Waals surface area contributed by atoms with Gasteiger partial charge in [0, 0.05) is 19.1 Å². The molecule has 2 rings (SSSR count). The van der Waals surface area contributed by atoms with Crippen LogP contribution in [0.15, 0.2) is 0 Å². The minimum atomic E-state index is 0.534. The molecule has 0 aromatic rings. The van der Waals surface area contributed by atoms with E-state index < -0.39 is 0 Å². The van der Waals surface area contributed by atoms with E-state index in [9.17, 15) is 0 Å². The van der Waals surface area contributed by atoms with E-state index in [1.807, 2.05) is 0 Å². The second kappa shape index (κ2) is 4.84. The van der Waals surface area contributed by atoms with Crippen molar-refractivity contribution in [3.05, 3.63) is 0 Å². The van der Waals surface area contributed by atoms with Crippen molar-refractivity contribution < 1.29 is 0 Å². The Labute approximate surface area is 94.4 Å². The SMILES string of the molecule is CN(CC1(C)CCNC1)C1CCCCC1. The van der Waals surface area contributed by atoms with E-state index >= 15 is 0 Å². The Morgan fingerprint density at radius 2 is 2.00 bits per heavy atom. The van der Waals surface area contributed by atoms with Crippen LogP contribution in [0.5, 0.6) is 0 Å². The van der Waals surface area contributed by atoms with Crippen LogP contribution in [0, 0.1) is 5.41 Å². The third-order valence-corrected chi connectivity index (χ3v) is 4.29. The first-order valence-corrected chi connectivity index (χ1v) is 6.61. The van der Waals surface area contributed by atoms with Gasteiger partial charge in [-0.25, -0.2) is 0 Å². The summed E-state index contributed by atoms with van der Waals surface area (Å²) in [6.07, 6.45) is 8.57. The molecule has 1 saturated carbocycles. The van der Waals surface area contributed by atoms with Crippen molar-refractivity contribution in [1.82, 2.24) is 10.2 Å². The highest BCUT2D eigenvalue weighted by molar-refractivity contribution is 4.88. The fourth-order valence-electron chi connectivity index (χ4n) is 3.26. The lowest BCUT2D eigenvalue weighted by molar-refractivity contribution is 0.132. The summed E-state index contributed by atoms with van der Waals surface area (Å²) >= 11 is 0. The van der Waals surface area contributed by atoms with Crippen LogP contribution in [-0.4, -0.2) is 37.6 Å². The van der Waals surface area contributed by atoms with E-state index in [2.05, 4.69) is 24.2 Å². The molecular formula is C13H26N2. The molecule has 2 fully saturated rings. The van der Waals surface area contributed by atoms with Gasteiger partial charge in [0.05, 0.1) is 0 Å². The zero-order valence-electron chi connectivity index (χ0n) is 10.4. The smallest absolute Gasteiger partial charge is 0.00924 e.